The van der Waals surface area contributed by atoms with Crippen molar-refractivity contribution in [2.24, 2.45) is 5.41 Å². The highest BCUT2D eigenvalue weighted by atomic mass is 15.2. The molecule has 0 aliphatic heterocycles. The average Bonchev–Trinajstić information content (AvgIpc) is 2.48. The molecule has 0 aromatic rings. The van der Waals surface area contributed by atoms with Crippen molar-refractivity contribution < 1.29 is 0 Å². The summed E-state index contributed by atoms with van der Waals surface area (Å²) < 4.78 is 0. The van der Waals surface area contributed by atoms with E-state index in [4.69, 9.17) is 0 Å². The molecule has 1 fully saturated rings. The number of likely N-dealkylation sites (N-methyl/N-ethyl adjacent to an activating group) is 1. The summed E-state index contributed by atoms with van der Waals surface area (Å²) in [5.74, 6) is 0. The Morgan fingerprint density at radius 3 is 2.39 bits per heavy atom. The van der Waals surface area contributed by atoms with Crippen molar-refractivity contribution in [1.29, 1.82) is 0 Å². The molecule has 1 saturated carbocycles. The van der Waals surface area contributed by atoms with Crippen molar-refractivity contribution >= 4 is 0 Å². The minimum atomic E-state index is 0.399. The van der Waals surface area contributed by atoms with Gasteiger partial charge in [0.05, 0.1) is 0 Å². The van der Waals surface area contributed by atoms with Crippen LogP contribution in [0.3, 0.4) is 0 Å². The van der Waals surface area contributed by atoms with E-state index in [1.165, 1.54) is 51.6 Å². The summed E-state index contributed by atoms with van der Waals surface area (Å²) in [7, 11) is 2.32. The summed E-state index contributed by atoms with van der Waals surface area (Å²) in [5.41, 5.74) is 0.399. The molecule has 2 unspecified atom stereocenters. The summed E-state index contributed by atoms with van der Waals surface area (Å²) in [6, 6.07) is 1.44. The fraction of sp³-hybridized carbons (Fsp3) is 1.00. The van der Waals surface area contributed by atoms with E-state index in [-0.39, 0.29) is 0 Å². The molecular formula is C16H34N2. The van der Waals surface area contributed by atoms with Gasteiger partial charge < -0.3 is 10.2 Å². The second-order valence-corrected chi connectivity index (χ2v) is 7.24. The average molecular weight is 254 g/mol. The van der Waals surface area contributed by atoms with Crippen LogP contribution >= 0.6 is 0 Å². The number of nitrogens with one attached hydrogen (secondary N) is 1. The Kier molecular flexibility index (Phi) is 6.65. The molecule has 0 aromatic heterocycles. The molecule has 0 radical (unpaired) electrons. The molecule has 0 spiro atoms. The van der Waals surface area contributed by atoms with E-state index in [2.05, 4.69) is 45.0 Å². The molecule has 0 saturated heterocycles. The maximum Gasteiger partial charge on any atom is 0.0246 e. The van der Waals surface area contributed by atoms with Gasteiger partial charge in [-0.15, -0.1) is 0 Å². The Hall–Kier alpha value is -0.0800. The zero-order chi connectivity index (χ0) is 13.6. The molecule has 1 N–H and O–H groups in total. The molecular weight excluding hydrogens is 220 g/mol. The van der Waals surface area contributed by atoms with E-state index in [9.17, 15) is 0 Å². The topological polar surface area (TPSA) is 15.3 Å². The molecule has 108 valence electrons. The smallest absolute Gasteiger partial charge is 0.0246 e. The van der Waals surface area contributed by atoms with Crippen LogP contribution in [-0.2, 0) is 0 Å². The Labute approximate surface area is 115 Å². The fourth-order valence-corrected chi connectivity index (χ4v) is 3.25. The van der Waals surface area contributed by atoms with Crippen LogP contribution in [-0.4, -0.2) is 37.1 Å². The Morgan fingerprint density at radius 2 is 1.78 bits per heavy atom. The Balaban J connectivity index is 2.59. The van der Waals surface area contributed by atoms with E-state index in [1.54, 1.807) is 0 Å². The largest absolute Gasteiger partial charge is 0.312 e. The van der Waals surface area contributed by atoms with E-state index in [0.717, 1.165) is 6.04 Å². The first-order valence-electron chi connectivity index (χ1n) is 7.87. The van der Waals surface area contributed by atoms with Crippen molar-refractivity contribution in [2.45, 2.75) is 78.3 Å². The van der Waals surface area contributed by atoms with E-state index in [0.29, 0.717) is 11.5 Å². The van der Waals surface area contributed by atoms with Gasteiger partial charge in [0.25, 0.3) is 0 Å². The molecule has 18 heavy (non-hydrogen) atoms. The van der Waals surface area contributed by atoms with Crippen molar-refractivity contribution in [2.75, 3.05) is 20.1 Å². The number of nitrogens with zero attached hydrogens (tertiary/aromatic N) is 1. The summed E-state index contributed by atoms with van der Waals surface area (Å²) >= 11 is 0. The lowest BCUT2D eigenvalue weighted by atomic mass is 9.93. The zero-order valence-corrected chi connectivity index (χ0v) is 13.3. The number of rotatable bonds is 5. The lowest BCUT2D eigenvalue weighted by Gasteiger charge is -2.37. The first-order valence-corrected chi connectivity index (χ1v) is 7.87. The van der Waals surface area contributed by atoms with Crippen molar-refractivity contribution in [3.8, 4) is 0 Å². The first kappa shape index (κ1) is 16.0. The minimum Gasteiger partial charge on any atom is -0.312 e. The highest BCUT2D eigenvalue weighted by Crippen LogP contribution is 2.24. The van der Waals surface area contributed by atoms with E-state index >= 15 is 0 Å². The van der Waals surface area contributed by atoms with Gasteiger partial charge >= 0.3 is 0 Å². The Morgan fingerprint density at radius 1 is 1.11 bits per heavy atom. The van der Waals surface area contributed by atoms with Gasteiger partial charge in [-0.25, -0.2) is 0 Å². The summed E-state index contributed by atoms with van der Waals surface area (Å²) in [4.78, 5) is 2.61. The van der Waals surface area contributed by atoms with Crippen LogP contribution in [0.4, 0.5) is 0 Å². The van der Waals surface area contributed by atoms with E-state index in [1.807, 2.05) is 0 Å². The van der Waals surface area contributed by atoms with Crippen molar-refractivity contribution in [3.63, 3.8) is 0 Å². The summed E-state index contributed by atoms with van der Waals surface area (Å²) in [6.45, 7) is 11.7. The number of hydrogen-bond acceptors (Lipinski definition) is 2. The maximum atomic E-state index is 3.79. The quantitative estimate of drug-likeness (QED) is 0.753. The molecule has 1 aliphatic carbocycles. The lowest BCUT2D eigenvalue weighted by molar-refractivity contribution is 0.134. The molecule has 1 rings (SSSR count). The zero-order valence-electron chi connectivity index (χ0n) is 13.3. The van der Waals surface area contributed by atoms with Crippen molar-refractivity contribution in [3.05, 3.63) is 0 Å². The predicted molar refractivity (Wildman–Crippen MR) is 81.0 cm³/mol. The molecule has 1 aliphatic rings. The van der Waals surface area contributed by atoms with Crippen LogP contribution in [0.25, 0.3) is 0 Å². The standard InChI is InChI=1S/C16H34N2/c1-6-12-17-14-10-8-7-9-11-15(14)18(5)13-16(2,3)4/h14-15,17H,6-13H2,1-5H3. The maximum absolute atomic E-state index is 3.79. The van der Waals surface area contributed by atoms with Crippen LogP contribution in [0.5, 0.6) is 0 Å². The fourth-order valence-electron chi connectivity index (χ4n) is 3.25. The van der Waals surface area contributed by atoms with Crippen LogP contribution in [0.15, 0.2) is 0 Å². The van der Waals surface area contributed by atoms with Crippen molar-refractivity contribution in [1.82, 2.24) is 10.2 Å². The van der Waals surface area contributed by atoms with Gasteiger partial charge in [-0.2, -0.15) is 0 Å². The highest BCUT2D eigenvalue weighted by Gasteiger charge is 2.28. The van der Waals surface area contributed by atoms with Gasteiger partial charge in [0.2, 0.25) is 0 Å². The molecule has 0 aromatic carbocycles. The predicted octanol–water partition coefficient (Wildman–Crippen LogP) is 3.67. The second-order valence-electron chi connectivity index (χ2n) is 7.24. The van der Waals surface area contributed by atoms with Gasteiger partial charge in [0, 0.05) is 18.6 Å². The lowest BCUT2D eigenvalue weighted by Crippen LogP contribution is -2.50. The van der Waals surface area contributed by atoms with Crippen LogP contribution < -0.4 is 5.32 Å². The van der Waals surface area contributed by atoms with Gasteiger partial charge in [0.15, 0.2) is 0 Å². The van der Waals surface area contributed by atoms with Gasteiger partial charge in [-0.1, -0.05) is 47.0 Å². The molecule has 0 bridgehead atoms. The summed E-state index contributed by atoms with van der Waals surface area (Å²) in [5, 5.41) is 3.79. The monoisotopic (exact) mass is 254 g/mol. The normalized spacial score (nSPS) is 26.3. The van der Waals surface area contributed by atoms with Crippen LogP contribution in [0.2, 0.25) is 0 Å². The molecule has 2 atom stereocenters. The van der Waals surface area contributed by atoms with Gasteiger partial charge in [-0.3, -0.25) is 0 Å². The van der Waals surface area contributed by atoms with Gasteiger partial charge in [-0.05, 0) is 38.3 Å². The third-order valence-corrected chi connectivity index (χ3v) is 3.93. The SMILES string of the molecule is CCCNC1CCCCCC1N(C)CC(C)(C)C. The van der Waals surface area contributed by atoms with Gasteiger partial charge in [0.1, 0.15) is 0 Å². The highest BCUT2D eigenvalue weighted by molar-refractivity contribution is 4.87. The first-order chi connectivity index (χ1) is 8.44. The third kappa shape index (κ3) is 5.71. The second kappa shape index (κ2) is 7.49. The Bertz CT molecular complexity index is 220. The summed E-state index contributed by atoms with van der Waals surface area (Å²) in [6.07, 6.45) is 8.20. The molecule has 0 amide bonds. The molecule has 2 nitrogen and oxygen atoms in total. The molecule has 0 heterocycles. The van der Waals surface area contributed by atoms with Crippen LogP contribution in [0.1, 0.15) is 66.2 Å². The third-order valence-electron chi connectivity index (χ3n) is 3.93. The number of hydrogen-bond donors (Lipinski definition) is 1. The van der Waals surface area contributed by atoms with E-state index < -0.39 is 0 Å². The minimum absolute atomic E-state index is 0.399. The molecule has 2 heteroatoms. The van der Waals surface area contributed by atoms with Crippen LogP contribution in [0, 0.1) is 5.41 Å².